The standard InChI is InChI=1S/C14H17N3OS2.H2S/c1-19-8-7-11(15)13(18)17-14-16-12(9-20-14)10-5-3-2-4-6-10;/h2-6,9,11H,7-8,15H2,1H3,(H,16,17,18);1H2/t11-;/m0./s1. The van der Waals surface area contributed by atoms with Crippen molar-refractivity contribution in [2.75, 3.05) is 17.3 Å². The zero-order valence-electron chi connectivity index (χ0n) is 11.7. The first-order valence-electron chi connectivity index (χ1n) is 6.27. The minimum absolute atomic E-state index is 0. The van der Waals surface area contributed by atoms with E-state index in [1.54, 1.807) is 11.8 Å². The molecular formula is C14H19N3OS3. The Hall–Kier alpha value is -1.02. The predicted molar refractivity (Wildman–Crippen MR) is 97.5 cm³/mol. The van der Waals surface area contributed by atoms with Gasteiger partial charge in [0.15, 0.2) is 5.13 Å². The average molecular weight is 342 g/mol. The third kappa shape index (κ3) is 5.35. The minimum Gasteiger partial charge on any atom is -0.320 e. The van der Waals surface area contributed by atoms with Crippen molar-refractivity contribution in [3.05, 3.63) is 35.7 Å². The minimum atomic E-state index is -0.480. The zero-order valence-corrected chi connectivity index (χ0v) is 14.3. The number of carbonyl (C=O) groups is 1. The van der Waals surface area contributed by atoms with Crippen LogP contribution in [-0.4, -0.2) is 28.9 Å². The summed E-state index contributed by atoms with van der Waals surface area (Å²) in [5, 5.41) is 5.30. The summed E-state index contributed by atoms with van der Waals surface area (Å²) in [5.74, 6) is 0.704. The van der Waals surface area contributed by atoms with E-state index < -0.39 is 6.04 Å². The van der Waals surface area contributed by atoms with Crippen LogP contribution in [0.25, 0.3) is 11.3 Å². The van der Waals surface area contributed by atoms with E-state index in [-0.39, 0.29) is 19.4 Å². The topological polar surface area (TPSA) is 68.0 Å². The molecule has 1 heterocycles. The molecule has 1 atom stereocenters. The second-order valence-electron chi connectivity index (χ2n) is 4.28. The highest BCUT2D eigenvalue weighted by molar-refractivity contribution is 7.98. The first kappa shape index (κ1) is 18.0. The molecule has 0 aliphatic carbocycles. The summed E-state index contributed by atoms with van der Waals surface area (Å²) in [7, 11) is 0. The Labute approximate surface area is 140 Å². The van der Waals surface area contributed by atoms with Gasteiger partial charge in [-0.15, -0.1) is 11.3 Å². The molecule has 4 nitrogen and oxygen atoms in total. The smallest absolute Gasteiger partial charge is 0.243 e. The maximum Gasteiger partial charge on any atom is 0.243 e. The van der Waals surface area contributed by atoms with E-state index in [9.17, 15) is 4.79 Å². The summed E-state index contributed by atoms with van der Waals surface area (Å²) in [5.41, 5.74) is 7.72. The molecule has 0 aliphatic heterocycles. The van der Waals surface area contributed by atoms with Gasteiger partial charge in [-0.05, 0) is 18.4 Å². The molecule has 0 aliphatic rings. The molecule has 7 heteroatoms. The predicted octanol–water partition coefficient (Wildman–Crippen LogP) is 2.94. The Morgan fingerprint density at radius 2 is 2.14 bits per heavy atom. The van der Waals surface area contributed by atoms with Gasteiger partial charge in [0, 0.05) is 10.9 Å². The molecule has 1 aromatic carbocycles. The van der Waals surface area contributed by atoms with E-state index >= 15 is 0 Å². The van der Waals surface area contributed by atoms with Crippen LogP contribution in [0.15, 0.2) is 35.7 Å². The number of rotatable bonds is 6. The summed E-state index contributed by atoms with van der Waals surface area (Å²) in [4.78, 5) is 16.3. The third-order valence-electron chi connectivity index (χ3n) is 2.77. The van der Waals surface area contributed by atoms with Crippen molar-refractivity contribution in [3.8, 4) is 11.3 Å². The molecule has 2 rings (SSSR count). The second-order valence-corrected chi connectivity index (χ2v) is 6.12. The van der Waals surface area contributed by atoms with Gasteiger partial charge < -0.3 is 11.1 Å². The van der Waals surface area contributed by atoms with E-state index in [0.29, 0.717) is 11.6 Å². The van der Waals surface area contributed by atoms with Crippen molar-refractivity contribution >= 4 is 47.6 Å². The fourth-order valence-corrected chi connectivity index (χ4v) is 2.86. The van der Waals surface area contributed by atoms with E-state index in [2.05, 4.69) is 10.3 Å². The number of benzene rings is 1. The molecule has 1 aromatic heterocycles. The van der Waals surface area contributed by atoms with Crippen molar-refractivity contribution in [3.63, 3.8) is 0 Å². The number of carbonyl (C=O) groups excluding carboxylic acids is 1. The van der Waals surface area contributed by atoms with Crippen LogP contribution in [0.2, 0.25) is 0 Å². The van der Waals surface area contributed by atoms with Gasteiger partial charge in [0.25, 0.3) is 0 Å². The fourth-order valence-electron chi connectivity index (χ4n) is 1.65. The van der Waals surface area contributed by atoms with Gasteiger partial charge in [-0.2, -0.15) is 25.3 Å². The van der Waals surface area contributed by atoms with Crippen LogP contribution in [0, 0.1) is 0 Å². The lowest BCUT2D eigenvalue weighted by molar-refractivity contribution is -0.117. The summed E-state index contributed by atoms with van der Waals surface area (Å²) < 4.78 is 0. The monoisotopic (exact) mass is 341 g/mol. The van der Waals surface area contributed by atoms with Crippen LogP contribution in [0.4, 0.5) is 5.13 Å². The molecule has 0 saturated carbocycles. The van der Waals surface area contributed by atoms with Crippen molar-refractivity contribution in [2.24, 2.45) is 5.73 Å². The Balaban J connectivity index is 0.00000220. The molecule has 0 bridgehead atoms. The van der Waals surface area contributed by atoms with Crippen molar-refractivity contribution in [1.29, 1.82) is 0 Å². The number of nitrogens with one attached hydrogen (secondary N) is 1. The van der Waals surface area contributed by atoms with Crippen LogP contribution in [0.1, 0.15) is 6.42 Å². The van der Waals surface area contributed by atoms with Gasteiger partial charge in [-0.3, -0.25) is 4.79 Å². The maximum atomic E-state index is 11.9. The Morgan fingerprint density at radius 3 is 2.81 bits per heavy atom. The van der Waals surface area contributed by atoms with Gasteiger partial charge in [0.1, 0.15) is 0 Å². The van der Waals surface area contributed by atoms with Crippen LogP contribution in [-0.2, 0) is 4.79 Å². The molecule has 3 N–H and O–H groups in total. The number of hydrogen-bond acceptors (Lipinski definition) is 5. The molecule has 0 spiro atoms. The molecule has 0 fully saturated rings. The number of aromatic nitrogens is 1. The lowest BCUT2D eigenvalue weighted by Gasteiger charge is -2.09. The molecule has 1 amide bonds. The molecular weight excluding hydrogens is 322 g/mol. The zero-order chi connectivity index (χ0) is 14.4. The van der Waals surface area contributed by atoms with E-state index in [4.69, 9.17) is 5.73 Å². The number of amides is 1. The van der Waals surface area contributed by atoms with Gasteiger partial charge in [0.05, 0.1) is 11.7 Å². The Kier molecular flexibility index (Phi) is 7.81. The van der Waals surface area contributed by atoms with Gasteiger partial charge in [-0.1, -0.05) is 30.3 Å². The van der Waals surface area contributed by atoms with Crippen molar-refractivity contribution in [2.45, 2.75) is 12.5 Å². The lowest BCUT2D eigenvalue weighted by atomic mass is 10.2. The Bertz CT molecular complexity index is 560. The molecule has 21 heavy (non-hydrogen) atoms. The summed E-state index contributed by atoms with van der Waals surface area (Å²) in [6.07, 6.45) is 2.67. The molecule has 0 radical (unpaired) electrons. The molecule has 2 aromatic rings. The maximum absolute atomic E-state index is 11.9. The highest BCUT2D eigenvalue weighted by Crippen LogP contribution is 2.24. The summed E-state index contributed by atoms with van der Waals surface area (Å²) in [6.45, 7) is 0. The fraction of sp³-hybridized carbons (Fsp3) is 0.286. The van der Waals surface area contributed by atoms with Crippen LogP contribution < -0.4 is 11.1 Å². The van der Waals surface area contributed by atoms with E-state index in [1.807, 2.05) is 42.0 Å². The Morgan fingerprint density at radius 1 is 1.43 bits per heavy atom. The third-order valence-corrected chi connectivity index (χ3v) is 4.18. The quantitative estimate of drug-likeness (QED) is 0.848. The molecule has 0 unspecified atom stereocenters. The van der Waals surface area contributed by atoms with Crippen LogP contribution in [0.3, 0.4) is 0 Å². The summed E-state index contributed by atoms with van der Waals surface area (Å²) in [6, 6.07) is 9.39. The molecule has 114 valence electrons. The average Bonchev–Trinajstić information content (AvgIpc) is 2.94. The highest BCUT2D eigenvalue weighted by Gasteiger charge is 2.14. The van der Waals surface area contributed by atoms with E-state index in [0.717, 1.165) is 17.0 Å². The van der Waals surface area contributed by atoms with E-state index in [1.165, 1.54) is 11.3 Å². The first-order chi connectivity index (χ1) is 9.70. The largest absolute Gasteiger partial charge is 0.320 e. The van der Waals surface area contributed by atoms with Crippen LogP contribution >= 0.6 is 36.6 Å². The SMILES string of the molecule is CSCC[C@H](N)C(=O)Nc1nc(-c2ccccc2)cs1.S. The van der Waals surface area contributed by atoms with Crippen molar-refractivity contribution in [1.82, 2.24) is 4.98 Å². The lowest BCUT2D eigenvalue weighted by Crippen LogP contribution is -2.36. The van der Waals surface area contributed by atoms with Gasteiger partial charge in [0.2, 0.25) is 5.91 Å². The molecule has 0 saturated heterocycles. The van der Waals surface area contributed by atoms with Crippen LogP contribution in [0.5, 0.6) is 0 Å². The van der Waals surface area contributed by atoms with Crippen molar-refractivity contribution < 1.29 is 4.79 Å². The first-order valence-corrected chi connectivity index (χ1v) is 8.54. The number of nitrogens with two attached hydrogens (primary N) is 1. The number of anilines is 1. The normalized spacial score (nSPS) is 11.5. The summed E-state index contributed by atoms with van der Waals surface area (Å²) >= 11 is 3.09. The number of hydrogen-bond donors (Lipinski definition) is 2. The number of thiazole rings is 1. The van der Waals surface area contributed by atoms with Gasteiger partial charge >= 0.3 is 0 Å². The number of thioether (sulfide) groups is 1. The highest BCUT2D eigenvalue weighted by atomic mass is 32.2. The van der Waals surface area contributed by atoms with Gasteiger partial charge in [-0.25, -0.2) is 4.98 Å². The second kappa shape index (κ2) is 9.09. The number of nitrogens with zero attached hydrogens (tertiary/aromatic N) is 1.